The Hall–Kier alpha value is -1.72. The quantitative estimate of drug-likeness (QED) is 0.913. The Morgan fingerprint density at radius 3 is 2.65 bits per heavy atom. The number of β-amino-alcohol motifs (C(OH)–C–C–N with tert-alkyl or cyclic N) is 1. The molecule has 1 N–H and O–H groups in total. The second-order valence-electron chi connectivity index (χ2n) is 5.80. The Morgan fingerprint density at radius 1 is 1.22 bits per heavy atom. The lowest BCUT2D eigenvalue weighted by Crippen LogP contribution is -2.46. The van der Waals surface area contributed by atoms with Crippen molar-refractivity contribution < 1.29 is 13.9 Å². The first-order chi connectivity index (χ1) is 11.0. The first kappa shape index (κ1) is 16.1. The summed E-state index contributed by atoms with van der Waals surface area (Å²) in [6.07, 6.45) is 0.172. The summed E-state index contributed by atoms with van der Waals surface area (Å²) in [4.78, 5) is 5.61. The first-order valence-electron chi connectivity index (χ1n) is 7.45. The number of hydrogen-bond donors (Lipinski definition) is 1. The number of aromatic nitrogens is 1. The molecule has 0 amide bonds. The number of anilines is 1. The fourth-order valence-electron chi connectivity index (χ4n) is 3.00. The van der Waals surface area contributed by atoms with Crippen LogP contribution >= 0.6 is 11.6 Å². The number of aliphatic hydroxyl groups is 1. The fraction of sp³-hybridized carbons (Fsp3) is 0.353. The van der Waals surface area contributed by atoms with Gasteiger partial charge in [0.2, 0.25) is 0 Å². The van der Waals surface area contributed by atoms with Gasteiger partial charge in [0.15, 0.2) is 0 Å². The smallest absolute Gasteiger partial charge is 0.280 e. The van der Waals surface area contributed by atoms with E-state index in [1.807, 2.05) is 17.0 Å². The minimum absolute atomic E-state index is 0.247. The van der Waals surface area contributed by atoms with Crippen molar-refractivity contribution in [3.8, 4) is 0 Å². The van der Waals surface area contributed by atoms with Crippen LogP contribution in [0.1, 0.15) is 30.5 Å². The van der Waals surface area contributed by atoms with E-state index in [-0.39, 0.29) is 5.69 Å². The normalized spacial score (nSPS) is 21.7. The molecule has 0 spiro atoms. The number of nitrogens with zero attached hydrogens (tertiary/aromatic N) is 2. The van der Waals surface area contributed by atoms with Gasteiger partial charge in [0.1, 0.15) is 11.3 Å². The van der Waals surface area contributed by atoms with Crippen LogP contribution < -0.4 is 4.90 Å². The Balaban J connectivity index is 1.85. The average molecular weight is 339 g/mol. The van der Waals surface area contributed by atoms with E-state index in [1.165, 1.54) is 12.3 Å². The van der Waals surface area contributed by atoms with E-state index >= 15 is 0 Å². The molecule has 1 atom stereocenters. The molecule has 2 heterocycles. The van der Waals surface area contributed by atoms with Gasteiger partial charge in [-0.2, -0.15) is 0 Å². The molecule has 0 bridgehead atoms. The summed E-state index contributed by atoms with van der Waals surface area (Å²) < 4.78 is 25.7. The average Bonchev–Trinajstić information content (AvgIpc) is 2.55. The number of halogens is 3. The van der Waals surface area contributed by atoms with E-state index in [4.69, 9.17) is 11.6 Å². The summed E-state index contributed by atoms with van der Waals surface area (Å²) in [6.45, 7) is 1.06. The highest BCUT2D eigenvalue weighted by molar-refractivity contribution is 6.30. The number of benzene rings is 1. The van der Waals surface area contributed by atoms with E-state index in [1.54, 1.807) is 18.2 Å². The SMILES string of the molecule is OC1(c2ccc(Cl)cc2)CCCN(c2ccnc(C(F)F)c2)C1. The van der Waals surface area contributed by atoms with Gasteiger partial charge >= 0.3 is 0 Å². The molecule has 2 aromatic rings. The largest absolute Gasteiger partial charge is 0.383 e. The number of hydrogen-bond acceptors (Lipinski definition) is 3. The molecule has 1 unspecified atom stereocenters. The van der Waals surface area contributed by atoms with E-state index < -0.39 is 12.0 Å². The molecule has 0 saturated carbocycles. The Bertz CT molecular complexity index is 681. The van der Waals surface area contributed by atoms with Crippen LogP contribution in [0.15, 0.2) is 42.6 Å². The van der Waals surface area contributed by atoms with Crippen LogP contribution in [-0.4, -0.2) is 23.2 Å². The van der Waals surface area contributed by atoms with Crippen LogP contribution in [0.2, 0.25) is 5.02 Å². The van der Waals surface area contributed by atoms with Gasteiger partial charge in [0.25, 0.3) is 6.43 Å². The zero-order chi connectivity index (χ0) is 16.4. The fourth-order valence-corrected chi connectivity index (χ4v) is 3.13. The summed E-state index contributed by atoms with van der Waals surface area (Å²) in [5, 5.41) is 11.6. The van der Waals surface area contributed by atoms with Crippen molar-refractivity contribution in [2.45, 2.75) is 24.9 Å². The molecular weight excluding hydrogens is 322 g/mol. The van der Waals surface area contributed by atoms with Crippen molar-refractivity contribution >= 4 is 17.3 Å². The van der Waals surface area contributed by atoms with Crippen LogP contribution in [0.4, 0.5) is 14.5 Å². The second kappa shape index (κ2) is 6.42. The molecule has 0 aliphatic carbocycles. The monoisotopic (exact) mass is 338 g/mol. The van der Waals surface area contributed by atoms with Crippen LogP contribution in [0, 0.1) is 0 Å². The van der Waals surface area contributed by atoms with Crippen molar-refractivity contribution in [1.29, 1.82) is 0 Å². The van der Waals surface area contributed by atoms with Crippen molar-refractivity contribution in [3.05, 3.63) is 58.9 Å². The Labute approximate surface area is 138 Å². The van der Waals surface area contributed by atoms with Crippen LogP contribution in [0.5, 0.6) is 0 Å². The third kappa shape index (κ3) is 3.46. The molecule has 1 aromatic carbocycles. The maximum Gasteiger partial charge on any atom is 0.280 e. The maximum absolute atomic E-state index is 12.8. The lowest BCUT2D eigenvalue weighted by Gasteiger charge is -2.40. The van der Waals surface area contributed by atoms with Crippen LogP contribution in [-0.2, 0) is 5.60 Å². The highest BCUT2D eigenvalue weighted by Crippen LogP contribution is 2.34. The molecule has 1 aliphatic rings. The Morgan fingerprint density at radius 2 is 1.96 bits per heavy atom. The molecule has 1 fully saturated rings. The highest BCUT2D eigenvalue weighted by Gasteiger charge is 2.35. The van der Waals surface area contributed by atoms with E-state index in [0.29, 0.717) is 30.2 Å². The maximum atomic E-state index is 12.8. The van der Waals surface area contributed by atoms with Gasteiger partial charge in [0, 0.05) is 23.5 Å². The standard InChI is InChI=1S/C17H17ClF2N2O/c18-13-4-2-12(3-5-13)17(23)7-1-9-22(11-17)14-6-8-21-15(10-14)16(19)20/h2-6,8,10,16,23H,1,7,9,11H2. The van der Waals surface area contributed by atoms with Gasteiger partial charge in [0.05, 0.1) is 6.54 Å². The van der Waals surface area contributed by atoms with E-state index in [0.717, 1.165) is 12.0 Å². The minimum atomic E-state index is -2.60. The topological polar surface area (TPSA) is 36.4 Å². The van der Waals surface area contributed by atoms with Crippen LogP contribution in [0.3, 0.4) is 0 Å². The van der Waals surface area contributed by atoms with Gasteiger partial charge in [-0.15, -0.1) is 0 Å². The number of alkyl halides is 2. The Kier molecular flexibility index (Phi) is 4.50. The molecule has 1 aromatic heterocycles. The van der Waals surface area contributed by atoms with Gasteiger partial charge in [-0.05, 0) is 42.7 Å². The predicted molar refractivity (Wildman–Crippen MR) is 86.0 cm³/mol. The number of rotatable bonds is 3. The van der Waals surface area contributed by atoms with Gasteiger partial charge in [-0.3, -0.25) is 4.98 Å². The molecular formula is C17H17ClF2N2O. The highest BCUT2D eigenvalue weighted by atomic mass is 35.5. The van der Waals surface area contributed by atoms with Crippen LogP contribution in [0.25, 0.3) is 0 Å². The van der Waals surface area contributed by atoms with Gasteiger partial charge in [-0.1, -0.05) is 23.7 Å². The zero-order valence-electron chi connectivity index (χ0n) is 12.4. The molecule has 6 heteroatoms. The third-order valence-corrected chi connectivity index (χ3v) is 4.46. The van der Waals surface area contributed by atoms with Gasteiger partial charge in [-0.25, -0.2) is 8.78 Å². The molecule has 3 nitrogen and oxygen atoms in total. The lowest BCUT2D eigenvalue weighted by molar-refractivity contribution is 0.0219. The third-order valence-electron chi connectivity index (χ3n) is 4.21. The lowest BCUT2D eigenvalue weighted by atomic mass is 9.85. The zero-order valence-corrected chi connectivity index (χ0v) is 13.2. The molecule has 3 rings (SSSR count). The van der Waals surface area contributed by atoms with Crippen molar-refractivity contribution in [2.75, 3.05) is 18.0 Å². The second-order valence-corrected chi connectivity index (χ2v) is 6.24. The first-order valence-corrected chi connectivity index (χ1v) is 7.83. The summed E-state index contributed by atoms with van der Waals surface area (Å²) in [5.74, 6) is 0. The predicted octanol–water partition coefficient (Wildman–Crippen LogP) is 4.16. The molecule has 0 radical (unpaired) electrons. The minimum Gasteiger partial charge on any atom is -0.383 e. The van der Waals surface area contributed by atoms with E-state index in [9.17, 15) is 13.9 Å². The summed E-state index contributed by atoms with van der Waals surface area (Å²) in [5.41, 5.74) is 0.178. The van der Waals surface area contributed by atoms with Crippen molar-refractivity contribution in [1.82, 2.24) is 4.98 Å². The summed E-state index contributed by atoms with van der Waals surface area (Å²) in [6, 6.07) is 10.2. The molecule has 1 saturated heterocycles. The van der Waals surface area contributed by atoms with E-state index in [2.05, 4.69) is 4.98 Å². The molecule has 1 aliphatic heterocycles. The number of piperidine rings is 1. The van der Waals surface area contributed by atoms with Crippen molar-refractivity contribution in [2.24, 2.45) is 0 Å². The van der Waals surface area contributed by atoms with Gasteiger partial charge < -0.3 is 10.0 Å². The van der Waals surface area contributed by atoms with Crippen molar-refractivity contribution in [3.63, 3.8) is 0 Å². The summed E-state index contributed by atoms with van der Waals surface area (Å²) in [7, 11) is 0. The number of pyridine rings is 1. The molecule has 23 heavy (non-hydrogen) atoms. The summed E-state index contributed by atoms with van der Waals surface area (Å²) >= 11 is 5.90. The molecule has 122 valence electrons.